The first-order chi connectivity index (χ1) is 12.0. The maximum absolute atomic E-state index is 12.7. The van der Waals surface area contributed by atoms with Crippen LogP contribution < -0.4 is 10.6 Å². The van der Waals surface area contributed by atoms with E-state index in [9.17, 15) is 9.59 Å². The Bertz CT molecular complexity index is 784. The molecular weight excluding hydrogens is 382 g/mol. The van der Waals surface area contributed by atoms with Gasteiger partial charge in [-0.1, -0.05) is 24.6 Å². The van der Waals surface area contributed by atoms with Crippen molar-refractivity contribution in [3.05, 3.63) is 34.4 Å². The first-order valence-corrected chi connectivity index (χ1v) is 9.62. The van der Waals surface area contributed by atoms with Crippen LogP contribution in [0.15, 0.2) is 28.7 Å². The van der Waals surface area contributed by atoms with Gasteiger partial charge >= 0.3 is 0 Å². The SMILES string of the molecule is CC(C)NC(=O)C1CCCC(NC(=O)c2[nH]c3ccccc3c2Br)C1. The van der Waals surface area contributed by atoms with Crippen molar-refractivity contribution in [2.24, 2.45) is 5.92 Å². The van der Waals surface area contributed by atoms with E-state index in [0.717, 1.165) is 34.6 Å². The Kier molecular flexibility index (Phi) is 5.47. The Labute approximate surface area is 156 Å². The second kappa shape index (κ2) is 7.60. The number of aromatic amines is 1. The van der Waals surface area contributed by atoms with Crippen LogP contribution >= 0.6 is 15.9 Å². The molecule has 1 fully saturated rings. The molecule has 3 N–H and O–H groups in total. The minimum absolute atomic E-state index is 0.0207. The molecule has 0 bridgehead atoms. The van der Waals surface area contributed by atoms with Gasteiger partial charge in [-0.25, -0.2) is 0 Å². The molecule has 1 aromatic heterocycles. The number of amides is 2. The fourth-order valence-electron chi connectivity index (χ4n) is 3.48. The van der Waals surface area contributed by atoms with Gasteiger partial charge in [-0.05, 0) is 55.1 Å². The predicted octanol–water partition coefficient (Wildman–Crippen LogP) is 3.74. The van der Waals surface area contributed by atoms with E-state index in [-0.39, 0.29) is 29.8 Å². The number of H-pyrrole nitrogens is 1. The van der Waals surface area contributed by atoms with E-state index >= 15 is 0 Å². The van der Waals surface area contributed by atoms with Gasteiger partial charge in [0, 0.05) is 28.9 Å². The Morgan fingerprint density at radius 2 is 2.00 bits per heavy atom. The van der Waals surface area contributed by atoms with Gasteiger partial charge in [0.1, 0.15) is 5.69 Å². The maximum atomic E-state index is 12.7. The number of carbonyl (C=O) groups is 2. The summed E-state index contributed by atoms with van der Waals surface area (Å²) in [5.74, 6) is -0.0497. The summed E-state index contributed by atoms with van der Waals surface area (Å²) in [7, 11) is 0. The topological polar surface area (TPSA) is 74.0 Å². The molecule has 1 aliphatic rings. The molecule has 5 nitrogen and oxygen atoms in total. The second-order valence-corrected chi connectivity index (χ2v) is 7.85. The van der Waals surface area contributed by atoms with Crippen LogP contribution in [0.25, 0.3) is 10.9 Å². The largest absolute Gasteiger partial charge is 0.354 e. The van der Waals surface area contributed by atoms with E-state index in [1.54, 1.807) is 0 Å². The highest BCUT2D eigenvalue weighted by Crippen LogP contribution is 2.29. The van der Waals surface area contributed by atoms with Gasteiger partial charge in [0.15, 0.2) is 0 Å². The van der Waals surface area contributed by atoms with Gasteiger partial charge in [0.05, 0.1) is 4.47 Å². The van der Waals surface area contributed by atoms with Crippen LogP contribution in [-0.4, -0.2) is 28.9 Å². The molecule has 6 heteroatoms. The van der Waals surface area contributed by atoms with E-state index in [4.69, 9.17) is 0 Å². The number of benzene rings is 1. The molecule has 1 saturated carbocycles. The third-order valence-corrected chi connectivity index (χ3v) is 5.50. The number of rotatable bonds is 4. The van der Waals surface area contributed by atoms with Gasteiger partial charge < -0.3 is 15.6 Å². The lowest BCUT2D eigenvalue weighted by molar-refractivity contribution is -0.126. The normalized spacial score (nSPS) is 20.6. The molecule has 25 heavy (non-hydrogen) atoms. The molecular formula is C19H24BrN3O2. The van der Waals surface area contributed by atoms with Crippen LogP contribution in [0.3, 0.4) is 0 Å². The molecule has 2 aromatic rings. The molecule has 0 spiro atoms. The molecule has 2 atom stereocenters. The van der Waals surface area contributed by atoms with Crippen molar-refractivity contribution in [1.29, 1.82) is 0 Å². The third-order valence-electron chi connectivity index (χ3n) is 4.68. The third kappa shape index (κ3) is 4.06. The van der Waals surface area contributed by atoms with Crippen molar-refractivity contribution in [3.8, 4) is 0 Å². The summed E-state index contributed by atoms with van der Waals surface area (Å²) in [6.07, 6.45) is 3.45. The van der Waals surface area contributed by atoms with Crippen LogP contribution in [0.2, 0.25) is 0 Å². The zero-order valence-electron chi connectivity index (χ0n) is 14.6. The second-order valence-electron chi connectivity index (χ2n) is 7.06. The quantitative estimate of drug-likeness (QED) is 0.724. The standard InChI is InChI=1S/C19H24BrN3O2/c1-11(2)21-18(24)12-6-5-7-13(10-12)22-19(25)17-16(20)14-8-3-4-9-15(14)23-17/h3-4,8-9,11-13,23H,5-7,10H2,1-2H3,(H,21,24)(H,22,25). The first-order valence-electron chi connectivity index (χ1n) is 8.83. The highest BCUT2D eigenvalue weighted by molar-refractivity contribution is 9.10. The highest BCUT2D eigenvalue weighted by atomic mass is 79.9. The Hall–Kier alpha value is -1.82. The molecule has 1 aromatic carbocycles. The minimum atomic E-state index is -0.127. The van der Waals surface area contributed by atoms with Gasteiger partial charge in [0.2, 0.25) is 5.91 Å². The van der Waals surface area contributed by atoms with Crippen LogP contribution in [0.1, 0.15) is 50.0 Å². The molecule has 1 heterocycles. The molecule has 0 aliphatic heterocycles. The molecule has 3 rings (SSSR count). The molecule has 1 aliphatic carbocycles. The van der Waals surface area contributed by atoms with E-state index in [1.807, 2.05) is 38.1 Å². The van der Waals surface area contributed by atoms with Crippen molar-refractivity contribution < 1.29 is 9.59 Å². The Morgan fingerprint density at radius 1 is 1.24 bits per heavy atom. The molecule has 2 amide bonds. The average Bonchev–Trinajstić information content (AvgIpc) is 2.92. The number of aromatic nitrogens is 1. The number of para-hydroxylation sites is 1. The fourth-order valence-corrected chi connectivity index (χ4v) is 4.11. The number of carbonyl (C=O) groups excluding carboxylic acids is 2. The van der Waals surface area contributed by atoms with Crippen molar-refractivity contribution in [1.82, 2.24) is 15.6 Å². The summed E-state index contributed by atoms with van der Waals surface area (Å²) >= 11 is 3.52. The molecule has 134 valence electrons. The molecule has 0 saturated heterocycles. The summed E-state index contributed by atoms with van der Waals surface area (Å²) < 4.78 is 0.783. The van der Waals surface area contributed by atoms with Crippen LogP contribution in [-0.2, 0) is 4.79 Å². The first kappa shape index (κ1) is 18.0. The van der Waals surface area contributed by atoms with Gasteiger partial charge in [-0.3, -0.25) is 9.59 Å². The lowest BCUT2D eigenvalue weighted by Crippen LogP contribution is -2.43. The number of nitrogens with one attached hydrogen (secondary N) is 3. The van der Waals surface area contributed by atoms with Gasteiger partial charge in [0.25, 0.3) is 5.91 Å². The van der Waals surface area contributed by atoms with Crippen molar-refractivity contribution >= 4 is 38.6 Å². The Morgan fingerprint density at radius 3 is 2.72 bits per heavy atom. The summed E-state index contributed by atoms with van der Waals surface area (Å²) in [4.78, 5) is 28.1. The monoisotopic (exact) mass is 405 g/mol. The Balaban J connectivity index is 1.67. The van der Waals surface area contributed by atoms with Crippen LogP contribution in [0.4, 0.5) is 0 Å². The van der Waals surface area contributed by atoms with Crippen molar-refractivity contribution in [3.63, 3.8) is 0 Å². The lowest BCUT2D eigenvalue weighted by atomic mass is 9.85. The zero-order chi connectivity index (χ0) is 18.0. The van der Waals surface area contributed by atoms with Gasteiger partial charge in [-0.2, -0.15) is 0 Å². The summed E-state index contributed by atoms with van der Waals surface area (Å²) in [6, 6.07) is 7.98. The number of hydrogen-bond acceptors (Lipinski definition) is 2. The average molecular weight is 406 g/mol. The van der Waals surface area contributed by atoms with Crippen molar-refractivity contribution in [2.75, 3.05) is 0 Å². The number of halogens is 1. The van der Waals surface area contributed by atoms with E-state index in [1.165, 1.54) is 0 Å². The fraction of sp³-hybridized carbons (Fsp3) is 0.474. The van der Waals surface area contributed by atoms with Gasteiger partial charge in [-0.15, -0.1) is 0 Å². The van der Waals surface area contributed by atoms with E-state index in [2.05, 4.69) is 31.5 Å². The molecule has 0 radical (unpaired) electrons. The van der Waals surface area contributed by atoms with Crippen LogP contribution in [0.5, 0.6) is 0 Å². The minimum Gasteiger partial charge on any atom is -0.354 e. The summed E-state index contributed by atoms with van der Waals surface area (Å²) in [5, 5.41) is 7.07. The predicted molar refractivity (Wildman–Crippen MR) is 102 cm³/mol. The number of fused-ring (bicyclic) bond motifs is 1. The highest BCUT2D eigenvalue weighted by Gasteiger charge is 2.29. The maximum Gasteiger partial charge on any atom is 0.269 e. The summed E-state index contributed by atoms with van der Waals surface area (Å²) in [6.45, 7) is 3.93. The lowest BCUT2D eigenvalue weighted by Gasteiger charge is -2.29. The smallest absolute Gasteiger partial charge is 0.269 e. The summed E-state index contributed by atoms with van der Waals surface area (Å²) in [5.41, 5.74) is 1.47. The van der Waals surface area contributed by atoms with Crippen molar-refractivity contribution in [2.45, 2.75) is 51.6 Å². The van der Waals surface area contributed by atoms with E-state index in [0.29, 0.717) is 12.1 Å². The zero-order valence-corrected chi connectivity index (χ0v) is 16.2. The van der Waals surface area contributed by atoms with E-state index < -0.39 is 0 Å². The molecule has 2 unspecified atom stereocenters. The number of hydrogen-bond donors (Lipinski definition) is 3. The van der Waals surface area contributed by atoms with Crippen LogP contribution in [0, 0.1) is 5.92 Å².